The average molecular weight is 384 g/mol. The van der Waals surface area contributed by atoms with Gasteiger partial charge in [-0.25, -0.2) is 0 Å². The lowest BCUT2D eigenvalue weighted by Gasteiger charge is -2.41. The van der Waals surface area contributed by atoms with E-state index in [0.29, 0.717) is 19.5 Å². The van der Waals surface area contributed by atoms with Gasteiger partial charge in [0.25, 0.3) is 0 Å². The fourth-order valence-electron chi connectivity index (χ4n) is 5.07. The highest BCUT2D eigenvalue weighted by Gasteiger charge is 2.37. The summed E-state index contributed by atoms with van der Waals surface area (Å²) in [6.07, 6.45) is 7.97. The molecule has 5 nitrogen and oxygen atoms in total. The first-order valence-electron chi connectivity index (χ1n) is 11.1. The Bertz CT molecular complexity index is 664. The van der Waals surface area contributed by atoms with Crippen LogP contribution < -0.4 is 0 Å². The standard InChI is InChI=1S/C23H33N3O2/c27-22-17-20(18-26(22)12-11-19-7-3-1-4-8-19)23(28)25-15-13-24(14-16-25)21-9-5-2-6-10-21/h1,3-4,7-8,20-21H,2,5-6,9-18H2/t20-/m0/s1. The Kier molecular flexibility index (Phi) is 6.30. The van der Waals surface area contributed by atoms with Crippen LogP contribution in [0.3, 0.4) is 0 Å². The second-order valence-corrected chi connectivity index (χ2v) is 8.63. The summed E-state index contributed by atoms with van der Waals surface area (Å²) in [6.45, 7) is 4.94. The lowest BCUT2D eigenvalue weighted by Crippen LogP contribution is -2.53. The fourth-order valence-corrected chi connectivity index (χ4v) is 5.07. The van der Waals surface area contributed by atoms with Crippen molar-refractivity contribution >= 4 is 11.8 Å². The molecule has 3 fully saturated rings. The summed E-state index contributed by atoms with van der Waals surface area (Å²) in [4.78, 5) is 31.9. The zero-order valence-corrected chi connectivity index (χ0v) is 16.9. The highest BCUT2D eigenvalue weighted by Crippen LogP contribution is 2.25. The molecule has 2 amide bonds. The number of piperazine rings is 1. The van der Waals surface area contributed by atoms with Crippen molar-refractivity contribution in [2.75, 3.05) is 39.3 Å². The van der Waals surface area contributed by atoms with Gasteiger partial charge in [-0.2, -0.15) is 0 Å². The fraction of sp³-hybridized carbons (Fsp3) is 0.652. The monoisotopic (exact) mass is 383 g/mol. The van der Waals surface area contributed by atoms with E-state index in [2.05, 4.69) is 17.0 Å². The zero-order valence-electron chi connectivity index (χ0n) is 16.9. The molecule has 0 N–H and O–H groups in total. The van der Waals surface area contributed by atoms with Crippen LogP contribution in [0.2, 0.25) is 0 Å². The second-order valence-electron chi connectivity index (χ2n) is 8.63. The quantitative estimate of drug-likeness (QED) is 0.785. The molecule has 2 saturated heterocycles. The average Bonchev–Trinajstić information content (AvgIpc) is 3.14. The van der Waals surface area contributed by atoms with E-state index < -0.39 is 0 Å². The number of rotatable bonds is 5. The van der Waals surface area contributed by atoms with Crippen LogP contribution in [0.1, 0.15) is 44.1 Å². The van der Waals surface area contributed by atoms with E-state index in [-0.39, 0.29) is 17.7 Å². The number of benzene rings is 1. The number of hydrogen-bond donors (Lipinski definition) is 0. The Morgan fingerprint density at radius 3 is 2.39 bits per heavy atom. The highest BCUT2D eigenvalue weighted by molar-refractivity contribution is 5.89. The molecule has 152 valence electrons. The maximum absolute atomic E-state index is 13.0. The van der Waals surface area contributed by atoms with Crippen LogP contribution in [0.15, 0.2) is 30.3 Å². The van der Waals surface area contributed by atoms with Gasteiger partial charge in [-0.1, -0.05) is 49.6 Å². The van der Waals surface area contributed by atoms with Gasteiger partial charge in [0.05, 0.1) is 5.92 Å². The minimum atomic E-state index is -0.149. The molecule has 0 unspecified atom stereocenters. The van der Waals surface area contributed by atoms with E-state index in [1.165, 1.54) is 37.7 Å². The van der Waals surface area contributed by atoms with Gasteiger partial charge in [0, 0.05) is 51.7 Å². The molecule has 28 heavy (non-hydrogen) atoms. The van der Waals surface area contributed by atoms with Gasteiger partial charge in [0.15, 0.2) is 0 Å². The van der Waals surface area contributed by atoms with Gasteiger partial charge in [0.1, 0.15) is 0 Å². The molecule has 1 aliphatic carbocycles. The van der Waals surface area contributed by atoms with Crippen molar-refractivity contribution in [3.63, 3.8) is 0 Å². The van der Waals surface area contributed by atoms with Gasteiger partial charge >= 0.3 is 0 Å². The number of amides is 2. The molecule has 3 aliphatic rings. The molecule has 5 heteroatoms. The summed E-state index contributed by atoms with van der Waals surface area (Å²) in [5.41, 5.74) is 1.24. The molecule has 1 aromatic carbocycles. The van der Waals surface area contributed by atoms with Gasteiger partial charge in [-0.15, -0.1) is 0 Å². The Morgan fingerprint density at radius 2 is 1.68 bits per heavy atom. The lowest BCUT2D eigenvalue weighted by molar-refractivity contribution is -0.137. The minimum Gasteiger partial charge on any atom is -0.342 e. The molecule has 1 saturated carbocycles. The molecule has 0 aromatic heterocycles. The predicted molar refractivity (Wildman–Crippen MR) is 110 cm³/mol. The minimum absolute atomic E-state index is 0.134. The third kappa shape index (κ3) is 4.57. The molecule has 0 bridgehead atoms. The van der Waals surface area contributed by atoms with Crippen molar-refractivity contribution in [1.82, 2.24) is 14.7 Å². The Hall–Kier alpha value is -1.88. The second kappa shape index (κ2) is 9.08. The van der Waals surface area contributed by atoms with Crippen LogP contribution in [-0.2, 0) is 16.0 Å². The van der Waals surface area contributed by atoms with E-state index in [1.54, 1.807) is 0 Å². The summed E-state index contributed by atoms with van der Waals surface area (Å²) in [5.74, 6) is 0.179. The first kappa shape index (κ1) is 19.4. The van der Waals surface area contributed by atoms with Crippen molar-refractivity contribution in [2.24, 2.45) is 5.92 Å². The van der Waals surface area contributed by atoms with E-state index in [9.17, 15) is 9.59 Å². The van der Waals surface area contributed by atoms with Gasteiger partial charge in [0.2, 0.25) is 11.8 Å². The molecular weight excluding hydrogens is 350 g/mol. The van der Waals surface area contributed by atoms with E-state index in [4.69, 9.17) is 0 Å². The summed E-state index contributed by atoms with van der Waals surface area (Å²) in [7, 11) is 0. The smallest absolute Gasteiger partial charge is 0.228 e. The Labute approximate surface area is 168 Å². The molecule has 4 rings (SSSR count). The van der Waals surface area contributed by atoms with Crippen LogP contribution in [0.4, 0.5) is 0 Å². The SMILES string of the molecule is O=C1C[C@H](C(=O)N2CCN(C3CCCCC3)CC2)CN1CCc1ccccc1. The normalized spacial score (nSPS) is 24.7. The van der Waals surface area contributed by atoms with Crippen LogP contribution in [0.25, 0.3) is 0 Å². The summed E-state index contributed by atoms with van der Waals surface area (Å²) in [5, 5.41) is 0. The van der Waals surface area contributed by atoms with E-state index >= 15 is 0 Å². The van der Waals surface area contributed by atoms with Gasteiger partial charge in [-0.3, -0.25) is 14.5 Å². The highest BCUT2D eigenvalue weighted by atomic mass is 16.2. The molecular formula is C23H33N3O2. The number of likely N-dealkylation sites (tertiary alicyclic amines) is 1. The van der Waals surface area contributed by atoms with Crippen LogP contribution >= 0.6 is 0 Å². The van der Waals surface area contributed by atoms with Gasteiger partial charge in [-0.05, 0) is 24.8 Å². The number of carbonyl (C=O) groups is 2. The van der Waals surface area contributed by atoms with Crippen LogP contribution in [-0.4, -0.2) is 71.8 Å². The summed E-state index contributed by atoms with van der Waals surface area (Å²) >= 11 is 0. The largest absolute Gasteiger partial charge is 0.342 e. The Morgan fingerprint density at radius 1 is 0.964 bits per heavy atom. The number of hydrogen-bond acceptors (Lipinski definition) is 3. The molecule has 2 aliphatic heterocycles. The van der Waals surface area contributed by atoms with Crippen molar-refractivity contribution in [3.05, 3.63) is 35.9 Å². The summed E-state index contributed by atoms with van der Waals surface area (Å²) < 4.78 is 0. The third-order valence-corrected chi connectivity index (χ3v) is 6.79. The van der Waals surface area contributed by atoms with Crippen LogP contribution in [0.5, 0.6) is 0 Å². The van der Waals surface area contributed by atoms with Crippen molar-refractivity contribution in [1.29, 1.82) is 0 Å². The van der Waals surface area contributed by atoms with Crippen molar-refractivity contribution < 1.29 is 9.59 Å². The zero-order chi connectivity index (χ0) is 19.3. The maximum atomic E-state index is 13.0. The van der Waals surface area contributed by atoms with Crippen LogP contribution in [0, 0.1) is 5.92 Å². The maximum Gasteiger partial charge on any atom is 0.228 e. The molecule has 1 aromatic rings. The molecule has 2 heterocycles. The third-order valence-electron chi connectivity index (χ3n) is 6.79. The molecule has 1 atom stereocenters. The lowest BCUT2D eigenvalue weighted by atomic mass is 9.93. The van der Waals surface area contributed by atoms with E-state index in [0.717, 1.165) is 38.6 Å². The number of nitrogens with zero attached hydrogens (tertiary/aromatic N) is 3. The Balaban J connectivity index is 1.24. The topological polar surface area (TPSA) is 43.9 Å². The molecule has 0 radical (unpaired) electrons. The van der Waals surface area contributed by atoms with Gasteiger partial charge < -0.3 is 9.80 Å². The van der Waals surface area contributed by atoms with E-state index in [1.807, 2.05) is 28.0 Å². The first-order chi connectivity index (χ1) is 13.7. The predicted octanol–water partition coefficient (Wildman–Crippen LogP) is 2.55. The summed E-state index contributed by atoms with van der Waals surface area (Å²) in [6, 6.07) is 11.0. The van der Waals surface area contributed by atoms with Crippen molar-refractivity contribution in [2.45, 2.75) is 51.0 Å². The first-order valence-corrected chi connectivity index (χ1v) is 11.1. The molecule has 0 spiro atoms. The van der Waals surface area contributed by atoms with Crippen molar-refractivity contribution in [3.8, 4) is 0 Å². The number of carbonyl (C=O) groups excluding carboxylic acids is 2.